The van der Waals surface area contributed by atoms with Gasteiger partial charge in [0, 0.05) is 7.05 Å². The number of hydrogen-bond acceptors (Lipinski definition) is 4. The molecule has 0 radical (unpaired) electrons. The van der Waals surface area contributed by atoms with Crippen LogP contribution in [0.25, 0.3) is 17.3 Å². The molecule has 6 heteroatoms. The Morgan fingerprint density at radius 1 is 1.24 bits per heavy atom. The summed E-state index contributed by atoms with van der Waals surface area (Å²) in [6, 6.07) is 17.3. The second-order valence-corrected chi connectivity index (χ2v) is 7.59. The lowest BCUT2D eigenvalue weighted by molar-refractivity contribution is -0.115. The molecule has 0 aliphatic heterocycles. The lowest BCUT2D eigenvalue weighted by Gasteiger charge is -2.05. The summed E-state index contributed by atoms with van der Waals surface area (Å²) < 4.78 is 2.24. The number of aryl methyl sites for hydroxylation is 2. The summed E-state index contributed by atoms with van der Waals surface area (Å²) in [5.41, 5.74) is 3.38. The molecule has 0 fully saturated rings. The topological polar surface area (TPSA) is 74.9 Å². The van der Waals surface area contributed by atoms with Crippen molar-refractivity contribution < 1.29 is 4.79 Å². The molecule has 3 aromatic rings. The van der Waals surface area contributed by atoms with Gasteiger partial charge in [-0.25, -0.2) is 0 Å². The fourth-order valence-corrected chi connectivity index (χ4v) is 4.04. The van der Waals surface area contributed by atoms with E-state index in [-0.39, 0.29) is 11.1 Å². The van der Waals surface area contributed by atoms with Gasteiger partial charge in [-0.15, -0.1) is 11.3 Å². The first-order chi connectivity index (χ1) is 14.0. The van der Waals surface area contributed by atoms with Crippen LogP contribution >= 0.6 is 11.3 Å². The van der Waals surface area contributed by atoms with Crippen LogP contribution < -0.4 is 20.1 Å². The van der Waals surface area contributed by atoms with Gasteiger partial charge < -0.3 is 5.32 Å². The summed E-state index contributed by atoms with van der Waals surface area (Å²) in [6.45, 7) is 4.03. The van der Waals surface area contributed by atoms with E-state index < -0.39 is 5.91 Å². The van der Waals surface area contributed by atoms with Crippen LogP contribution in [0.3, 0.4) is 0 Å². The first-order valence-electron chi connectivity index (χ1n) is 9.24. The van der Waals surface area contributed by atoms with Crippen LogP contribution in [0.4, 0.5) is 0 Å². The SMILES string of the molecule is CCc1cccc(-n2c(=O)/c(=C\c3ccc(C)cc3)s/c2=C(/C#N)C(=O)NC)c1. The third-order valence-corrected chi connectivity index (χ3v) is 5.65. The van der Waals surface area contributed by atoms with Crippen LogP contribution in [0.1, 0.15) is 23.6 Å². The summed E-state index contributed by atoms with van der Waals surface area (Å²) in [4.78, 5) is 25.6. The predicted molar refractivity (Wildman–Crippen MR) is 116 cm³/mol. The van der Waals surface area contributed by atoms with Gasteiger partial charge in [0.05, 0.1) is 10.2 Å². The molecule has 0 aliphatic rings. The molecule has 0 bridgehead atoms. The highest BCUT2D eigenvalue weighted by Gasteiger charge is 2.16. The molecule has 29 heavy (non-hydrogen) atoms. The number of carbonyl (C=O) groups is 1. The van der Waals surface area contributed by atoms with Crippen LogP contribution in [0.2, 0.25) is 0 Å². The molecule has 0 saturated carbocycles. The van der Waals surface area contributed by atoms with Crippen molar-refractivity contribution >= 4 is 28.9 Å². The van der Waals surface area contributed by atoms with E-state index in [9.17, 15) is 14.9 Å². The monoisotopic (exact) mass is 403 g/mol. The van der Waals surface area contributed by atoms with Crippen LogP contribution in [0.15, 0.2) is 53.3 Å². The molecule has 1 heterocycles. The molecule has 1 amide bonds. The van der Waals surface area contributed by atoms with Crippen LogP contribution in [-0.4, -0.2) is 17.5 Å². The van der Waals surface area contributed by atoms with Gasteiger partial charge in [0.25, 0.3) is 11.5 Å². The smallest absolute Gasteiger partial charge is 0.273 e. The number of amides is 1. The van der Waals surface area contributed by atoms with Crippen LogP contribution in [-0.2, 0) is 11.2 Å². The number of rotatable bonds is 4. The quantitative estimate of drug-likeness (QED) is 0.724. The van der Waals surface area contributed by atoms with Crippen molar-refractivity contribution in [2.45, 2.75) is 20.3 Å². The molecular formula is C23H21N3O2S. The summed E-state index contributed by atoms with van der Waals surface area (Å²) in [5.74, 6) is -0.518. The maximum absolute atomic E-state index is 13.3. The minimum absolute atomic E-state index is 0.0833. The van der Waals surface area contributed by atoms with Gasteiger partial charge >= 0.3 is 0 Å². The number of hydrogen-bond donors (Lipinski definition) is 1. The van der Waals surface area contributed by atoms with Crippen molar-refractivity contribution in [2.75, 3.05) is 7.05 Å². The van der Waals surface area contributed by atoms with E-state index >= 15 is 0 Å². The highest BCUT2D eigenvalue weighted by atomic mass is 32.1. The highest BCUT2D eigenvalue weighted by Crippen LogP contribution is 2.09. The van der Waals surface area contributed by atoms with Crippen molar-refractivity contribution in [1.82, 2.24) is 9.88 Å². The zero-order valence-corrected chi connectivity index (χ0v) is 17.3. The minimum atomic E-state index is -0.518. The zero-order valence-electron chi connectivity index (χ0n) is 16.5. The maximum atomic E-state index is 13.3. The minimum Gasteiger partial charge on any atom is -0.354 e. The molecule has 0 unspecified atom stereocenters. The summed E-state index contributed by atoms with van der Waals surface area (Å²) >= 11 is 1.14. The van der Waals surface area contributed by atoms with Gasteiger partial charge in [-0.1, -0.05) is 48.9 Å². The number of nitriles is 1. The Bertz CT molecular complexity index is 1280. The van der Waals surface area contributed by atoms with Crippen molar-refractivity contribution in [3.63, 3.8) is 0 Å². The first-order valence-corrected chi connectivity index (χ1v) is 10.1. The molecule has 0 atom stereocenters. The molecular weight excluding hydrogens is 382 g/mol. The Kier molecular flexibility index (Phi) is 6.10. The van der Waals surface area contributed by atoms with Gasteiger partial charge in [-0.3, -0.25) is 14.2 Å². The Morgan fingerprint density at radius 2 is 1.97 bits per heavy atom. The van der Waals surface area contributed by atoms with E-state index in [1.807, 2.05) is 68.4 Å². The van der Waals surface area contributed by atoms with Gasteiger partial charge in [0.15, 0.2) is 5.57 Å². The Balaban J connectivity index is 2.40. The van der Waals surface area contributed by atoms with Crippen molar-refractivity contribution in [1.29, 1.82) is 5.26 Å². The second-order valence-electron chi connectivity index (χ2n) is 6.56. The van der Waals surface area contributed by atoms with Crippen LogP contribution in [0, 0.1) is 18.3 Å². The number of benzene rings is 2. The van der Waals surface area contributed by atoms with Crippen molar-refractivity contribution in [3.8, 4) is 11.8 Å². The van der Waals surface area contributed by atoms with E-state index in [1.54, 1.807) is 6.08 Å². The number of aromatic nitrogens is 1. The number of nitrogens with one attached hydrogen (secondary N) is 1. The third-order valence-electron chi connectivity index (χ3n) is 4.56. The largest absolute Gasteiger partial charge is 0.354 e. The summed E-state index contributed by atoms with van der Waals surface area (Å²) in [7, 11) is 1.47. The van der Waals surface area contributed by atoms with Crippen molar-refractivity contribution in [3.05, 3.63) is 84.8 Å². The molecule has 0 spiro atoms. The molecule has 3 rings (SSSR count). The fraction of sp³-hybridized carbons (Fsp3) is 0.174. The number of carbonyl (C=O) groups excluding carboxylic acids is 1. The summed E-state index contributed by atoms with van der Waals surface area (Å²) in [5, 5.41) is 12.1. The Hall–Kier alpha value is -3.43. The lowest BCUT2D eigenvalue weighted by Crippen LogP contribution is -2.33. The van der Waals surface area contributed by atoms with Gasteiger partial charge in [-0.2, -0.15) is 5.26 Å². The standard InChI is InChI=1S/C23H21N3O2S/c1-4-16-6-5-7-18(12-16)26-22(28)20(13-17-10-8-15(2)9-11-17)29-23(26)19(14-24)21(27)25-3/h5-13H,4H2,1-3H3,(H,25,27)/b20-13+,23-19-. The van der Waals surface area contributed by atoms with Crippen LogP contribution in [0.5, 0.6) is 0 Å². The van der Waals surface area contributed by atoms with E-state index in [0.29, 0.717) is 14.9 Å². The van der Waals surface area contributed by atoms with Gasteiger partial charge in [0.2, 0.25) is 0 Å². The second kappa shape index (κ2) is 8.72. The number of nitrogens with zero attached hydrogens (tertiary/aromatic N) is 2. The molecule has 0 saturated heterocycles. The molecule has 1 aromatic heterocycles. The molecule has 1 N–H and O–H groups in total. The lowest BCUT2D eigenvalue weighted by atomic mass is 10.1. The van der Waals surface area contributed by atoms with Gasteiger partial charge in [0.1, 0.15) is 10.7 Å². The highest BCUT2D eigenvalue weighted by molar-refractivity contribution is 7.07. The molecule has 5 nitrogen and oxygen atoms in total. The van der Waals surface area contributed by atoms with E-state index in [0.717, 1.165) is 34.4 Å². The van der Waals surface area contributed by atoms with E-state index in [2.05, 4.69) is 5.32 Å². The molecule has 0 aliphatic carbocycles. The average molecular weight is 404 g/mol. The normalized spacial score (nSPS) is 12.4. The molecule has 2 aromatic carbocycles. The van der Waals surface area contributed by atoms with E-state index in [4.69, 9.17) is 0 Å². The van der Waals surface area contributed by atoms with E-state index in [1.165, 1.54) is 11.6 Å². The Morgan fingerprint density at radius 3 is 2.59 bits per heavy atom. The van der Waals surface area contributed by atoms with Gasteiger partial charge in [-0.05, 0) is 42.7 Å². The first kappa shape index (κ1) is 20.3. The zero-order chi connectivity index (χ0) is 21.0. The predicted octanol–water partition coefficient (Wildman–Crippen LogP) is 2.02. The molecule has 146 valence electrons. The number of thiazole rings is 1. The average Bonchev–Trinajstić information content (AvgIpc) is 3.05. The Labute approximate surface area is 172 Å². The maximum Gasteiger partial charge on any atom is 0.273 e. The summed E-state index contributed by atoms with van der Waals surface area (Å²) in [6.07, 6.45) is 2.60. The fourth-order valence-electron chi connectivity index (χ4n) is 2.93. The third kappa shape index (κ3) is 4.20. The van der Waals surface area contributed by atoms with Crippen molar-refractivity contribution in [2.24, 2.45) is 0 Å².